The summed E-state index contributed by atoms with van der Waals surface area (Å²) < 4.78 is 0.940. The molecule has 1 aromatic carbocycles. The molecular weight excluding hydrogens is 308 g/mol. The Kier molecular flexibility index (Phi) is 4.96. The lowest BCUT2D eigenvalue weighted by molar-refractivity contribution is 0.0615. The van der Waals surface area contributed by atoms with Gasteiger partial charge < -0.3 is 10.0 Å². The van der Waals surface area contributed by atoms with Crippen LogP contribution in [-0.4, -0.2) is 60.1 Å². The highest BCUT2D eigenvalue weighted by Gasteiger charge is 2.21. The molecule has 1 aliphatic heterocycles. The SMILES string of the molecule is Cc1cc(Br)cc(C(=O)N2CCN(CCO)CC2)c1. The fraction of sp³-hybridized carbons (Fsp3) is 0.500. The van der Waals surface area contributed by atoms with Gasteiger partial charge in [-0.3, -0.25) is 9.69 Å². The molecule has 1 aliphatic rings. The van der Waals surface area contributed by atoms with Gasteiger partial charge in [0.05, 0.1) is 6.61 Å². The second kappa shape index (κ2) is 6.50. The summed E-state index contributed by atoms with van der Waals surface area (Å²) >= 11 is 3.43. The van der Waals surface area contributed by atoms with Crippen LogP contribution in [-0.2, 0) is 0 Å². The Morgan fingerprint density at radius 1 is 1.26 bits per heavy atom. The smallest absolute Gasteiger partial charge is 0.253 e. The summed E-state index contributed by atoms with van der Waals surface area (Å²) in [5.74, 6) is 0.0908. The Bertz CT molecular complexity index is 437. The molecule has 1 fully saturated rings. The van der Waals surface area contributed by atoms with Crippen molar-refractivity contribution >= 4 is 21.8 Å². The van der Waals surface area contributed by atoms with E-state index in [4.69, 9.17) is 5.11 Å². The number of hydrogen-bond donors (Lipinski definition) is 1. The largest absolute Gasteiger partial charge is 0.395 e. The average molecular weight is 327 g/mol. The van der Waals surface area contributed by atoms with Crippen LogP contribution in [0.4, 0.5) is 0 Å². The van der Waals surface area contributed by atoms with Crippen LogP contribution in [0.1, 0.15) is 15.9 Å². The topological polar surface area (TPSA) is 43.8 Å². The molecule has 1 saturated heterocycles. The minimum Gasteiger partial charge on any atom is -0.395 e. The van der Waals surface area contributed by atoms with Crippen LogP contribution < -0.4 is 0 Å². The van der Waals surface area contributed by atoms with E-state index < -0.39 is 0 Å². The molecule has 0 aromatic heterocycles. The highest BCUT2D eigenvalue weighted by atomic mass is 79.9. The predicted octanol–water partition coefficient (Wildman–Crippen LogP) is 1.51. The van der Waals surface area contributed by atoms with Gasteiger partial charge in [0.2, 0.25) is 0 Å². The number of halogens is 1. The van der Waals surface area contributed by atoms with Gasteiger partial charge in [-0.1, -0.05) is 15.9 Å². The molecule has 5 heteroatoms. The number of amides is 1. The van der Waals surface area contributed by atoms with E-state index in [0.717, 1.165) is 41.8 Å². The third kappa shape index (κ3) is 3.78. The summed E-state index contributed by atoms with van der Waals surface area (Å²) in [7, 11) is 0. The number of benzene rings is 1. The van der Waals surface area contributed by atoms with E-state index in [9.17, 15) is 4.79 Å². The van der Waals surface area contributed by atoms with Gasteiger partial charge in [0.15, 0.2) is 0 Å². The minimum atomic E-state index is 0.0908. The first-order valence-electron chi connectivity index (χ1n) is 6.50. The lowest BCUT2D eigenvalue weighted by atomic mass is 10.1. The molecule has 4 nitrogen and oxygen atoms in total. The van der Waals surface area contributed by atoms with Crippen molar-refractivity contribution in [3.8, 4) is 0 Å². The second-order valence-corrected chi connectivity index (χ2v) is 5.79. The minimum absolute atomic E-state index is 0.0908. The fourth-order valence-electron chi connectivity index (χ4n) is 2.36. The zero-order valence-electron chi connectivity index (χ0n) is 11.1. The number of aryl methyl sites for hydroxylation is 1. The number of rotatable bonds is 3. The first kappa shape index (κ1) is 14.5. The Balaban J connectivity index is 2.01. The van der Waals surface area contributed by atoms with Crippen LogP contribution in [0.15, 0.2) is 22.7 Å². The molecule has 104 valence electrons. The summed E-state index contributed by atoms with van der Waals surface area (Å²) in [6.07, 6.45) is 0. The summed E-state index contributed by atoms with van der Waals surface area (Å²) in [5, 5.41) is 8.91. The molecule has 0 bridgehead atoms. The number of carbonyl (C=O) groups excluding carboxylic acids is 1. The molecule has 19 heavy (non-hydrogen) atoms. The van der Waals surface area contributed by atoms with Gasteiger partial charge in [-0.2, -0.15) is 0 Å². The number of hydrogen-bond acceptors (Lipinski definition) is 3. The van der Waals surface area contributed by atoms with Gasteiger partial charge in [0.25, 0.3) is 5.91 Å². The quantitative estimate of drug-likeness (QED) is 0.915. The summed E-state index contributed by atoms with van der Waals surface area (Å²) in [5.41, 5.74) is 1.82. The van der Waals surface area contributed by atoms with Crippen LogP contribution in [0.3, 0.4) is 0 Å². The molecule has 1 amide bonds. The molecule has 1 N–H and O–H groups in total. The lowest BCUT2D eigenvalue weighted by Gasteiger charge is -2.34. The van der Waals surface area contributed by atoms with Crippen LogP contribution in [0.5, 0.6) is 0 Å². The lowest BCUT2D eigenvalue weighted by Crippen LogP contribution is -2.49. The zero-order valence-corrected chi connectivity index (χ0v) is 12.7. The number of aliphatic hydroxyl groups excluding tert-OH is 1. The molecule has 0 spiro atoms. The first-order chi connectivity index (χ1) is 9.10. The van der Waals surface area contributed by atoms with Crippen molar-refractivity contribution < 1.29 is 9.90 Å². The molecule has 1 aromatic rings. The van der Waals surface area contributed by atoms with Gasteiger partial charge in [-0.25, -0.2) is 0 Å². The van der Waals surface area contributed by atoms with Crippen molar-refractivity contribution in [2.45, 2.75) is 6.92 Å². The van der Waals surface area contributed by atoms with Crippen LogP contribution in [0, 0.1) is 6.92 Å². The highest BCUT2D eigenvalue weighted by Crippen LogP contribution is 2.17. The Hall–Kier alpha value is -0.910. The van der Waals surface area contributed by atoms with E-state index in [0.29, 0.717) is 6.54 Å². The van der Waals surface area contributed by atoms with E-state index in [2.05, 4.69) is 20.8 Å². The molecule has 0 atom stereocenters. The van der Waals surface area contributed by atoms with Gasteiger partial charge in [-0.15, -0.1) is 0 Å². The third-order valence-electron chi connectivity index (χ3n) is 3.36. The third-order valence-corrected chi connectivity index (χ3v) is 3.82. The second-order valence-electron chi connectivity index (χ2n) is 4.87. The molecule has 2 rings (SSSR count). The monoisotopic (exact) mass is 326 g/mol. The van der Waals surface area contributed by atoms with E-state index in [-0.39, 0.29) is 12.5 Å². The zero-order chi connectivity index (χ0) is 13.8. The van der Waals surface area contributed by atoms with Crippen LogP contribution >= 0.6 is 15.9 Å². The fourth-order valence-corrected chi connectivity index (χ4v) is 2.97. The molecular formula is C14H19BrN2O2. The number of β-amino-alcohol motifs (C(OH)–C–C–N with tert-alkyl or cyclic N) is 1. The molecule has 0 aliphatic carbocycles. The first-order valence-corrected chi connectivity index (χ1v) is 7.29. The van der Waals surface area contributed by atoms with Crippen molar-refractivity contribution in [2.24, 2.45) is 0 Å². The van der Waals surface area contributed by atoms with Crippen molar-refractivity contribution in [1.82, 2.24) is 9.80 Å². The highest BCUT2D eigenvalue weighted by molar-refractivity contribution is 9.10. The maximum absolute atomic E-state index is 12.4. The maximum atomic E-state index is 12.4. The summed E-state index contributed by atoms with van der Waals surface area (Å²) in [6, 6.07) is 5.79. The molecule has 0 unspecified atom stereocenters. The normalized spacial score (nSPS) is 16.7. The van der Waals surface area contributed by atoms with Crippen molar-refractivity contribution in [3.63, 3.8) is 0 Å². The van der Waals surface area contributed by atoms with Crippen LogP contribution in [0.25, 0.3) is 0 Å². The molecule has 0 saturated carbocycles. The Labute approximate surface area is 122 Å². The summed E-state index contributed by atoms with van der Waals surface area (Å²) in [6.45, 7) is 5.98. The van der Waals surface area contributed by atoms with Crippen molar-refractivity contribution in [3.05, 3.63) is 33.8 Å². The Morgan fingerprint density at radius 2 is 1.95 bits per heavy atom. The van der Waals surface area contributed by atoms with Crippen LogP contribution in [0.2, 0.25) is 0 Å². The number of aliphatic hydroxyl groups is 1. The van der Waals surface area contributed by atoms with E-state index in [1.165, 1.54) is 0 Å². The summed E-state index contributed by atoms with van der Waals surface area (Å²) in [4.78, 5) is 16.5. The van der Waals surface area contributed by atoms with E-state index >= 15 is 0 Å². The van der Waals surface area contributed by atoms with Gasteiger partial charge in [0.1, 0.15) is 0 Å². The van der Waals surface area contributed by atoms with E-state index in [1.54, 1.807) is 0 Å². The number of nitrogens with zero attached hydrogens (tertiary/aromatic N) is 2. The number of carbonyl (C=O) groups is 1. The van der Waals surface area contributed by atoms with Gasteiger partial charge >= 0.3 is 0 Å². The van der Waals surface area contributed by atoms with Gasteiger partial charge in [-0.05, 0) is 30.7 Å². The number of piperazine rings is 1. The predicted molar refractivity (Wildman–Crippen MR) is 78.3 cm³/mol. The standard InChI is InChI=1S/C14H19BrN2O2/c1-11-8-12(10-13(15)9-11)14(19)17-4-2-16(3-5-17)6-7-18/h8-10,18H,2-7H2,1H3. The van der Waals surface area contributed by atoms with E-state index in [1.807, 2.05) is 30.0 Å². The molecule has 1 heterocycles. The Morgan fingerprint density at radius 3 is 2.53 bits per heavy atom. The average Bonchev–Trinajstić information content (AvgIpc) is 2.38. The molecule has 0 radical (unpaired) electrons. The van der Waals surface area contributed by atoms with Crippen molar-refractivity contribution in [2.75, 3.05) is 39.3 Å². The maximum Gasteiger partial charge on any atom is 0.253 e. The van der Waals surface area contributed by atoms with Crippen molar-refractivity contribution in [1.29, 1.82) is 0 Å². The van der Waals surface area contributed by atoms with Gasteiger partial charge in [0, 0.05) is 42.8 Å².